The number of carbonyl (C=O) groups is 2. The minimum atomic E-state index is -1.04. The van der Waals surface area contributed by atoms with Gasteiger partial charge in [0.1, 0.15) is 0 Å². The van der Waals surface area contributed by atoms with E-state index in [0.29, 0.717) is 12.0 Å². The van der Waals surface area contributed by atoms with Gasteiger partial charge in [-0.2, -0.15) is 0 Å². The van der Waals surface area contributed by atoms with Crippen molar-refractivity contribution in [3.63, 3.8) is 0 Å². The molecule has 0 aliphatic heterocycles. The van der Waals surface area contributed by atoms with Crippen LogP contribution in [0.2, 0.25) is 0 Å². The Morgan fingerprint density at radius 1 is 1.38 bits per heavy atom. The van der Waals surface area contributed by atoms with Crippen LogP contribution in [0.5, 0.6) is 0 Å². The second-order valence-electron chi connectivity index (χ2n) is 3.46. The monoisotopic (exact) mass is 184 g/mol. The Bertz CT molecular complexity index is 239. The van der Waals surface area contributed by atoms with E-state index in [-0.39, 0.29) is 5.78 Å². The Kier molecular flexibility index (Phi) is 3.85. The summed E-state index contributed by atoms with van der Waals surface area (Å²) in [5, 5.41) is 0. The fraction of sp³-hybridized carbons (Fsp3) is 0.600. The van der Waals surface area contributed by atoms with Crippen LogP contribution < -0.4 is 0 Å². The molecule has 0 bridgehead atoms. The standard InChI is InChI=1S/C10H16O3/c1-6-8(11)10(4,5)13-9(12)7(2)3/h2,6H2,1,3-5H3. The minimum Gasteiger partial charge on any atom is -0.448 e. The third-order valence-corrected chi connectivity index (χ3v) is 1.69. The van der Waals surface area contributed by atoms with Gasteiger partial charge in [0.2, 0.25) is 0 Å². The molecule has 0 saturated carbocycles. The number of Topliss-reactive ketones (excluding diaryl/α,β-unsaturated/α-hetero) is 1. The summed E-state index contributed by atoms with van der Waals surface area (Å²) in [6.07, 6.45) is 0.358. The molecule has 0 unspecified atom stereocenters. The van der Waals surface area contributed by atoms with Crippen LogP contribution in [-0.4, -0.2) is 17.4 Å². The van der Waals surface area contributed by atoms with Gasteiger partial charge < -0.3 is 4.74 Å². The zero-order valence-corrected chi connectivity index (χ0v) is 8.64. The van der Waals surface area contributed by atoms with E-state index in [9.17, 15) is 9.59 Å². The van der Waals surface area contributed by atoms with Gasteiger partial charge >= 0.3 is 5.97 Å². The molecule has 0 aromatic carbocycles. The summed E-state index contributed by atoms with van der Waals surface area (Å²) in [4.78, 5) is 22.4. The molecule has 0 radical (unpaired) electrons. The van der Waals surface area contributed by atoms with Crippen LogP contribution in [0.3, 0.4) is 0 Å². The van der Waals surface area contributed by atoms with Gasteiger partial charge in [0.25, 0.3) is 0 Å². The van der Waals surface area contributed by atoms with Crippen LogP contribution >= 0.6 is 0 Å². The quantitative estimate of drug-likeness (QED) is 0.494. The van der Waals surface area contributed by atoms with E-state index in [1.807, 2.05) is 0 Å². The molecule has 0 aliphatic carbocycles. The molecule has 0 spiro atoms. The molecule has 74 valence electrons. The van der Waals surface area contributed by atoms with Gasteiger partial charge in [-0.15, -0.1) is 0 Å². The maximum atomic E-state index is 11.3. The van der Waals surface area contributed by atoms with Crippen LogP contribution in [0.4, 0.5) is 0 Å². The highest BCUT2D eigenvalue weighted by Crippen LogP contribution is 2.14. The normalized spacial score (nSPS) is 10.8. The van der Waals surface area contributed by atoms with Crippen molar-refractivity contribution in [2.75, 3.05) is 0 Å². The van der Waals surface area contributed by atoms with Crippen molar-refractivity contribution in [3.8, 4) is 0 Å². The first-order valence-corrected chi connectivity index (χ1v) is 4.23. The Morgan fingerprint density at radius 3 is 2.15 bits per heavy atom. The van der Waals surface area contributed by atoms with Gasteiger partial charge in [0, 0.05) is 12.0 Å². The van der Waals surface area contributed by atoms with Crippen molar-refractivity contribution in [3.05, 3.63) is 12.2 Å². The van der Waals surface area contributed by atoms with Crippen molar-refractivity contribution in [1.29, 1.82) is 0 Å². The molecule has 0 amide bonds. The topological polar surface area (TPSA) is 43.4 Å². The lowest BCUT2D eigenvalue weighted by Crippen LogP contribution is -2.36. The Morgan fingerprint density at radius 2 is 1.85 bits per heavy atom. The van der Waals surface area contributed by atoms with E-state index in [2.05, 4.69) is 6.58 Å². The summed E-state index contributed by atoms with van der Waals surface area (Å²) in [6, 6.07) is 0. The lowest BCUT2D eigenvalue weighted by Gasteiger charge is -2.22. The fourth-order valence-corrected chi connectivity index (χ4v) is 0.801. The Balaban J connectivity index is 4.42. The molecule has 3 nitrogen and oxygen atoms in total. The predicted octanol–water partition coefficient (Wildman–Crippen LogP) is 1.86. The van der Waals surface area contributed by atoms with E-state index < -0.39 is 11.6 Å². The van der Waals surface area contributed by atoms with Gasteiger partial charge in [-0.3, -0.25) is 4.79 Å². The van der Waals surface area contributed by atoms with Gasteiger partial charge in [-0.1, -0.05) is 13.5 Å². The maximum Gasteiger partial charge on any atom is 0.334 e. The molecule has 0 N–H and O–H groups in total. The van der Waals surface area contributed by atoms with E-state index >= 15 is 0 Å². The number of ketones is 1. The maximum absolute atomic E-state index is 11.3. The summed E-state index contributed by atoms with van der Waals surface area (Å²) >= 11 is 0. The van der Waals surface area contributed by atoms with Crippen molar-refractivity contribution < 1.29 is 14.3 Å². The lowest BCUT2D eigenvalue weighted by atomic mass is 10.0. The SMILES string of the molecule is C=C(C)C(=O)OC(C)(C)C(=O)CC. The fourth-order valence-electron chi connectivity index (χ4n) is 0.801. The number of ether oxygens (including phenoxy) is 1. The van der Waals surface area contributed by atoms with Crippen molar-refractivity contribution in [1.82, 2.24) is 0 Å². The summed E-state index contributed by atoms with van der Waals surface area (Å²) in [6.45, 7) is 9.89. The summed E-state index contributed by atoms with van der Waals surface area (Å²) in [5.74, 6) is -0.617. The summed E-state index contributed by atoms with van der Waals surface area (Å²) < 4.78 is 4.96. The van der Waals surface area contributed by atoms with Crippen LogP contribution in [0.25, 0.3) is 0 Å². The van der Waals surface area contributed by atoms with Crippen LogP contribution in [-0.2, 0) is 14.3 Å². The zero-order valence-electron chi connectivity index (χ0n) is 8.64. The zero-order chi connectivity index (χ0) is 10.6. The van der Waals surface area contributed by atoms with E-state index in [1.54, 1.807) is 27.7 Å². The molecule has 0 aromatic rings. The van der Waals surface area contributed by atoms with Gasteiger partial charge in [-0.05, 0) is 20.8 Å². The highest BCUT2D eigenvalue weighted by molar-refractivity contribution is 5.93. The molecule has 3 heteroatoms. The molecule has 0 heterocycles. The van der Waals surface area contributed by atoms with Crippen LogP contribution in [0, 0.1) is 0 Å². The Labute approximate surface area is 78.8 Å². The highest BCUT2D eigenvalue weighted by Gasteiger charge is 2.30. The summed E-state index contributed by atoms with van der Waals surface area (Å²) in [7, 11) is 0. The average Bonchev–Trinajstić information content (AvgIpc) is 2.01. The molecule has 0 fully saturated rings. The van der Waals surface area contributed by atoms with Gasteiger partial charge in [-0.25, -0.2) is 4.79 Å². The molecule has 0 atom stereocenters. The smallest absolute Gasteiger partial charge is 0.334 e. The van der Waals surface area contributed by atoms with E-state index in [0.717, 1.165) is 0 Å². The van der Waals surface area contributed by atoms with Crippen molar-refractivity contribution in [2.24, 2.45) is 0 Å². The average molecular weight is 184 g/mol. The van der Waals surface area contributed by atoms with Gasteiger partial charge in [0.15, 0.2) is 11.4 Å². The third kappa shape index (κ3) is 3.40. The summed E-state index contributed by atoms with van der Waals surface area (Å²) in [5.41, 5.74) is -0.734. The molecule has 13 heavy (non-hydrogen) atoms. The predicted molar refractivity (Wildman–Crippen MR) is 50.3 cm³/mol. The van der Waals surface area contributed by atoms with E-state index in [4.69, 9.17) is 4.74 Å². The molecule has 0 saturated heterocycles. The molecule has 0 rings (SSSR count). The second kappa shape index (κ2) is 4.21. The third-order valence-electron chi connectivity index (χ3n) is 1.69. The molecular formula is C10H16O3. The molecule has 0 aliphatic rings. The van der Waals surface area contributed by atoms with Crippen LogP contribution in [0.15, 0.2) is 12.2 Å². The Hall–Kier alpha value is -1.12. The molecule has 0 aromatic heterocycles. The van der Waals surface area contributed by atoms with E-state index in [1.165, 1.54) is 0 Å². The lowest BCUT2D eigenvalue weighted by molar-refractivity contribution is -0.160. The van der Waals surface area contributed by atoms with Crippen molar-refractivity contribution >= 4 is 11.8 Å². The minimum absolute atomic E-state index is 0.0953. The first-order chi connectivity index (χ1) is 5.81. The largest absolute Gasteiger partial charge is 0.448 e. The first kappa shape index (κ1) is 11.9. The number of carbonyl (C=O) groups excluding carboxylic acids is 2. The first-order valence-electron chi connectivity index (χ1n) is 4.23. The second-order valence-corrected chi connectivity index (χ2v) is 3.46. The molecular weight excluding hydrogens is 168 g/mol. The number of hydrogen-bond acceptors (Lipinski definition) is 3. The van der Waals surface area contributed by atoms with Crippen LogP contribution in [0.1, 0.15) is 34.1 Å². The van der Waals surface area contributed by atoms with Gasteiger partial charge in [0.05, 0.1) is 0 Å². The number of hydrogen-bond donors (Lipinski definition) is 0. The number of esters is 1. The highest BCUT2D eigenvalue weighted by atomic mass is 16.6. The van der Waals surface area contributed by atoms with Crippen molar-refractivity contribution in [2.45, 2.75) is 39.7 Å². The number of rotatable bonds is 4.